The Labute approximate surface area is 135 Å². The van der Waals surface area contributed by atoms with Crippen LogP contribution in [0.1, 0.15) is 5.56 Å². The van der Waals surface area contributed by atoms with E-state index in [4.69, 9.17) is 27.9 Å². The van der Waals surface area contributed by atoms with E-state index in [1.807, 2.05) is 0 Å². The summed E-state index contributed by atoms with van der Waals surface area (Å²) in [5, 5.41) is 11.2. The summed E-state index contributed by atoms with van der Waals surface area (Å²) in [5.41, 5.74) is 0.618. The van der Waals surface area contributed by atoms with E-state index in [0.29, 0.717) is 10.6 Å². The molecule has 22 heavy (non-hydrogen) atoms. The van der Waals surface area contributed by atoms with Crippen molar-refractivity contribution >= 4 is 40.9 Å². The Kier molecular flexibility index (Phi) is 5.14. The van der Waals surface area contributed by atoms with Crippen LogP contribution in [0, 0.1) is 10.1 Å². The van der Waals surface area contributed by atoms with Crippen molar-refractivity contribution in [2.24, 2.45) is 0 Å². The number of halogens is 2. The van der Waals surface area contributed by atoms with Gasteiger partial charge in [-0.3, -0.25) is 10.1 Å². The van der Waals surface area contributed by atoms with Crippen molar-refractivity contribution in [3.05, 3.63) is 74.3 Å². The van der Waals surface area contributed by atoms with Gasteiger partial charge in [0, 0.05) is 24.3 Å². The van der Waals surface area contributed by atoms with Gasteiger partial charge in [-0.2, -0.15) is 0 Å². The summed E-state index contributed by atoms with van der Waals surface area (Å²) >= 11 is 11.6. The summed E-state index contributed by atoms with van der Waals surface area (Å²) in [4.78, 5) is 21.7. The Morgan fingerprint density at radius 3 is 2.36 bits per heavy atom. The van der Waals surface area contributed by atoms with Crippen LogP contribution < -0.4 is 4.74 Å². The van der Waals surface area contributed by atoms with E-state index in [2.05, 4.69) is 0 Å². The number of non-ortho nitro benzene ring substituents is 1. The third kappa shape index (κ3) is 4.31. The summed E-state index contributed by atoms with van der Waals surface area (Å²) in [7, 11) is 0. The van der Waals surface area contributed by atoms with Gasteiger partial charge in [0.05, 0.1) is 15.0 Å². The third-order valence-corrected chi connectivity index (χ3v) is 3.36. The van der Waals surface area contributed by atoms with Gasteiger partial charge in [-0.15, -0.1) is 0 Å². The van der Waals surface area contributed by atoms with E-state index in [1.165, 1.54) is 54.6 Å². The van der Waals surface area contributed by atoms with Gasteiger partial charge in [-0.05, 0) is 35.9 Å². The van der Waals surface area contributed by atoms with Crippen molar-refractivity contribution in [1.82, 2.24) is 0 Å². The van der Waals surface area contributed by atoms with Crippen LogP contribution in [0.2, 0.25) is 10.0 Å². The molecule has 0 aliphatic heterocycles. The molecule has 0 heterocycles. The molecule has 2 aromatic rings. The number of nitrogens with zero attached hydrogens (tertiary/aromatic N) is 1. The van der Waals surface area contributed by atoms with Crippen LogP contribution in [0.5, 0.6) is 5.75 Å². The molecule has 0 spiro atoms. The number of ether oxygens (including phenoxy) is 1. The predicted octanol–water partition coefficient (Wildman–Crippen LogP) is 4.52. The molecule has 0 N–H and O–H groups in total. The van der Waals surface area contributed by atoms with E-state index in [1.54, 1.807) is 0 Å². The number of hydrogen-bond acceptors (Lipinski definition) is 4. The van der Waals surface area contributed by atoms with E-state index in [0.717, 1.165) is 0 Å². The number of carbonyl (C=O) groups is 1. The Morgan fingerprint density at radius 2 is 1.77 bits per heavy atom. The van der Waals surface area contributed by atoms with Crippen molar-refractivity contribution in [3.63, 3.8) is 0 Å². The second-order valence-electron chi connectivity index (χ2n) is 4.18. The van der Waals surface area contributed by atoms with Gasteiger partial charge in [0.25, 0.3) is 5.69 Å². The molecule has 0 aromatic heterocycles. The largest absolute Gasteiger partial charge is 0.423 e. The first kappa shape index (κ1) is 16.0. The van der Waals surface area contributed by atoms with Gasteiger partial charge >= 0.3 is 5.97 Å². The van der Waals surface area contributed by atoms with Gasteiger partial charge in [-0.1, -0.05) is 23.2 Å². The minimum atomic E-state index is -0.600. The molecule has 2 aromatic carbocycles. The molecule has 0 saturated heterocycles. The molecule has 0 radical (unpaired) electrons. The summed E-state index contributed by atoms with van der Waals surface area (Å²) in [6.07, 6.45) is 2.70. The number of nitro groups is 1. The van der Waals surface area contributed by atoms with E-state index in [9.17, 15) is 14.9 Å². The Bertz CT molecular complexity index is 742. The first-order valence-corrected chi connectivity index (χ1v) is 6.81. The molecule has 0 bridgehead atoms. The highest BCUT2D eigenvalue weighted by Crippen LogP contribution is 2.26. The fourth-order valence-electron chi connectivity index (χ4n) is 1.56. The minimum absolute atomic E-state index is 0.0180. The van der Waals surface area contributed by atoms with Gasteiger partial charge in [-0.25, -0.2) is 4.79 Å². The molecule has 112 valence electrons. The fourth-order valence-corrected chi connectivity index (χ4v) is 1.85. The van der Waals surface area contributed by atoms with E-state index >= 15 is 0 Å². The van der Waals surface area contributed by atoms with Gasteiger partial charge in [0.1, 0.15) is 5.75 Å². The number of rotatable bonds is 4. The number of hydrogen-bond donors (Lipinski definition) is 0. The molecule has 0 atom stereocenters. The zero-order valence-corrected chi connectivity index (χ0v) is 12.5. The highest BCUT2D eigenvalue weighted by Gasteiger charge is 2.05. The monoisotopic (exact) mass is 337 g/mol. The summed E-state index contributed by atoms with van der Waals surface area (Å²) in [6.45, 7) is 0. The van der Waals surface area contributed by atoms with Gasteiger partial charge in [0.2, 0.25) is 0 Å². The molecule has 0 fully saturated rings. The van der Waals surface area contributed by atoms with Crippen LogP contribution in [0.25, 0.3) is 6.08 Å². The highest BCUT2D eigenvalue weighted by atomic mass is 35.5. The first-order valence-electron chi connectivity index (χ1n) is 6.05. The molecule has 0 aliphatic rings. The normalized spacial score (nSPS) is 10.6. The Balaban J connectivity index is 2.01. The summed E-state index contributed by atoms with van der Waals surface area (Å²) in [6, 6.07) is 10.2. The van der Waals surface area contributed by atoms with Crippen LogP contribution in [0.4, 0.5) is 5.69 Å². The summed E-state index contributed by atoms with van der Waals surface area (Å²) < 4.78 is 5.06. The van der Waals surface area contributed by atoms with E-state index < -0.39 is 10.9 Å². The van der Waals surface area contributed by atoms with Crippen molar-refractivity contribution in [3.8, 4) is 5.75 Å². The third-order valence-electron chi connectivity index (χ3n) is 2.63. The smallest absolute Gasteiger partial charge is 0.336 e. The van der Waals surface area contributed by atoms with Gasteiger partial charge in [0.15, 0.2) is 0 Å². The number of carbonyl (C=O) groups excluding carboxylic acids is 1. The Hall–Kier alpha value is -2.37. The van der Waals surface area contributed by atoms with Crippen molar-refractivity contribution in [1.29, 1.82) is 0 Å². The van der Waals surface area contributed by atoms with Crippen LogP contribution in [0.15, 0.2) is 48.5 Å². The molecule has 7 heteroatoms. The highest BCUT2D eigenvalue weighted by molar-refractivity contribution is 6.42. The molecule has 0 unspecified atom stereocenters. The second kappa shape index (κ2) is 7.06. The maximum absolute atomic E-state index is 11.7. The van der Waals surface area contributed by atoms with Gasteiger partial charge < -0.3 is 4.74 Å². The lowest BCUT2D eigenvalue weighted by atomic mass is 10.2. The average molecular weight is 338 g/mol. The quantitative estimate of drug-likeness (QED) is 0.270. The zero-order valence-electron chi connectivity index (χ0n) is 11.0. The fraction of sp³-hybridized carbons (Fsp3) is 0. The van der Waals surface area contributed by atoms with E-state index in [-0.39, 0.29) is 16.5 Å². The minimum Gasteiger partial charge on any atom is -0.423 e. The molecule has 2 rings (SSSR count). The summed E-state index contributed by atoms with van der Waals surface area (Å²) in [5.74, 6) is -0.329. The van der Waals surface area contributed by atoms with Crippen molar-refractivity contribution in [2.75, 3.05) is 0 Å². The number of nitro benzene ring substituents is 1. The topological polar surface area (TPSA) is 69.4 Å². The lowest BCUT2D eigenvalue weighted by Crippen LogP contribution is -2.03. The van der Waals surface area contributed by atoms with Crippen LogP contribution >= 0.6 is 23.2 Å². The molecule has 0 saturated carbocycles. The maximum atomic E-state index is 11.7. The van der Waals surface area contributed by atoms with Crippen molar-refractivity contribution in [2.45, 2.75) is 0 Å². The molecule has 0 amide bonds. The molecule has 5 nitrogen and oxygen atoms in total. The molecular weight excluding hydrogens is 329 g/mol. The SMILES string of the molecule is O=C(/C=C/c1ccc([N+](=O)[O-])cc1)Oc1ccc(Cl)c(Cl)c1. The van der Waals surface area contributed by atoms with Crippen molar-refractivity contribution < 1.29 is 14.5 Å². The molecule has 0 aliphatic carbocycles. The lowest BCUT2D eigenvalue weighted by Gasteiger charge is -2.02. The molecular formula is C15H9Cl2NO4. The number of esters is 1. The predicted molar refractivity (Wildman–Crippen MR) is 84.2 cm³/mol. The Morgan fingerprint density at radius 1 is 1.09 bits per heavy atom. The van der Waals surface area contributed by atoms with Crippen LogP contribution in [-0.2, 0) is 4.79 Å². The first-order chi connectivity index (χ1) is 10.5. The van der Waals surface area contributed by atoms with Crippen LogP contribution in [-0.4, -0.2) is 10.9 Å². The average Bonchev–Trinajstić information content (AvgIpc) is 2.49. The zero-order chi connectivity index (χ0) is 16.1. The van der Waals surface area contributed by atoms with Crippen LogP contribution in [0.3, 0.4) is 0 Å². The standard InChI is InChI=1S/C15H9Cl2NO4/c16-13-7-6-12(9-14(13)17)22-15(19)8-3-10-1-4-11(5-2-10)18(20)21/h1-9H/b8-3+. The lowest BCUT2D eigenvalue weighted by molar-refractivity contribution is -0.384. The number of benzene rings is 2. The maximum Gasteiger partial charge on any atom is 0.336 e. The second-order valence-corrected chi connectivity index (χ2v) is 4.99.